The summed E-state index contributed by atoms with van der Waals surface area (Å²) >= 11 is 0. The second-order valence-electron chi connectivity index (χ2n) is 7.65. The van der Waals surface area contributed by atoms with Gasteiger partial charge < -0.3 is 20.1 Å². The summed E-state index contributed by atoms with van der Waals surface area (Å²) in [5, 5.41) is 28.0. The third-order valence-electron chi connectivity index (χ3n) is 4.82. The average molecular weight is 413 g/mol. The van der Waals surface area contributed by atoms with Gasteiger partial charge in [-0.2, -0.15) is 0 Å². The summed E-state index contributed by atoms with van der Waals surface area (Å²) < 4.78 is 4.85. The van der Waals surface area contributed by atoms with Gasteiger partial charge in [-0.1, -0.05) is 63.3 Å². The van der Waals surface area contributed by atoms with Crippen molar-refractivity contribution < 1.29 is 24.9 Å². The van der Waals surface area contributed by atoms with Gasteiger partial charge in [-0.3, -0.25) is 4.79 Å². The van der Waals surface area contributed by atoms with Crippen molar-refractivity contribution in [3.05, 3.63) is 24.3 Å². The van der Waals surface area contributed by atoms with Gasteiger partial charge in [-0.25, -0.2) is 0 Å². The van der Waals surface area contributed by atoms with Crippen LogP contribution in [0.15, 0.2) is 24.3 Å². The molecule has 0 spiro atoms. The Morgan fingerprint density at radius 3 is 2.10 bits per heavy atom. The van der Waals surface area contributed by atoms with Crippen molar-refractivity contribution in [3.8, 4) is 0 Å². The molecule has 0 aromatic rings. The summed E-state index contributed by atoms with van der Waals surface area (Å²) in [6.45, 7) is 2.28. The Labute approximate surface area is 177 Å². The Morgan fingerprint density at radius 2 is 1.45 bits per heavy atom. The molecule has 0 rings (SSSR count). The number of allylic oxidation sites excluding steroid dienone is 4. The van der Waals surface area contributed by atoms with E-state index >= 15 is 0 Å². The molecule has 0 amide bonds. The number of aliphatic hydroxyl groups excluding tert-OH is 3. The second kappa shape index (κ2) is 21.5. The molecular weight excluding hydrogens is 368 g/mol. The lowest BCUT2D eigenvalue weighted by molar-refractivity contribution is -0.187. The highest BCUT2D eigenvalue weighted by Crippen LogP contribution is 2.11. The number of hydrogen-bond donors (Lipinski definition) is 3. The van der Waals surface area contributed by atoms with Gasteiger partial charge in [0.15, 0.2) is 0 Å². The summed E-state index contributed by atoms with van der Waals surface area (Å²) in [4.78, 5) is 11.7. The molecule has 0 saturated heterocycles. The zero-order valence-electron chi connectivity index (χ0n) is 18.4. The van der Waals surface area contributed by atoms with Gasteiger partial charge in [0.1, 0.15) is 6.10 Å². The number of hydrogen-bond acceptors (Lipinski definition) is 5. The van der Waals surface area contributed by atoms with Crippen molar-refractivity contribution >= 4 is 5.97 Å². The molecule has 2 atom stereocenters. The minimum absolute atomic E-state index is 0.0510. The molecule has 3 N–H and O–H groups in total. The molecule has 0 heterocycles. The molecule has 2 unspecified atom stereocenters. The molecule has 0 saturated carbocycles. The Hall–Kier alpha value is -1.17. The Morgan fingerprint density at radius 1 is 0.828 bits per heavy atom. The minimum Gasteiger partial charge on any atom is -0.433 e. The van der Waals surface area contributed by atoms with E-state index in [4.69, 9.17) is 9.84 Å². The SMILES string of the molecule is CCCCC/C=C\C/C=C\CCCCCCCC(=O)OC(O)C(O)CCCCO. The van der Waals surface area contributed by atoms with E-state index in [9.17, 15) is 15.0 Å². The zero-order valence-corrected chi connectivity index (χ0v) is 18.4. The summed E-state index contributed by atoms with van der Waals surface area (Å²) in [7, 11) is 0. The third kappa shape index (κ3) is 19.9. The molecule has 5 heteroatoms. The van der Waals surface area contributed by atoms with Crippen molar-refractivity contribution in [1.29, 1.82) is 0 Å². The highest BCUT2D eigenvalue weighted by Gasteiger charge is 2.19. The fourth-order valence-corrected chi connectivity index (χ4v) is 2.96. The standard InChI is InChI=1S/C24H44O5/c1-2-3-4-5-6-7-8-9-10-11-12-13-14-15-16-20-23(27)29-24(28)22(26)19-17-18-21-25/h6-7,9-10,22,24-26,28H,2-5,8,11-21H2,1H3/b7-6-,10-9-. The number of carbonyl (C=O) groups is 1. The van der Waals surface area contributed by atoms with Crippen molar-refractivity contribution in [1.82, 2.24) is 0 Å². The number of rotatable bonds is 20. The van der Waals surface area contributed by atoms with Crippen LogP contribution in [0, 0.1) is 0 Å². The summed E-state index contributed by atoms with van der Waals surface area (Å²) in [6, 6.07) is 0. The number of aliphatic hydroxyl groups is 3. The lowest BCUT2D eigenvalue weighted by Crippen LogP contribution is -2.31. The molecular formula is C24H44O5. The van der Waals surface area contributed by atoms with Gasteiger partial charge in [0.05, 0.1) is 0 Å². The molecule has 0 radical (unpaired) electrons. The zero-order chi connectivity index (χ0) is 21.6. The van der Waals surface area contributed by atoms with Crippen LogP contribution in [0.4, 0.5) is 0 Å². The van der Waals surface area contributed by atoms with E-state index in [1.54, 1.807) is 0 Å². The van der Waals surface area contributed by atoms with Crippen LogP contribution >= 0.6 is 0 Å². The van der Waals surface area contributed by atoms with E-state index in [0.717, 1.165) is 38.5 Å². The highest BCUT2D eigenvalue weighted by atomic mass is 16.6. The predicted molar refractivity (Wildman–Crippen MR) is 118 cm³/mol. The summed E-state index contributed by atoms with van der Waals surface area (Å²) in [5.74, 6) is -0.468. The molecule has 0 fully saturated rings. The summed E-state index contributed by atoms with van der Waals surface area (Å²) in [5.41, 5.74) is 0. The van der Waals surface area contributed by atoms with Crippen LogP contribution < -0.4 is 0 Å². The first kappa shape index (κ1) is 27.8. The predicted octanol–water partition coefficient (Wildman–Crippen LogP) is 5.19. The van der Waals surface area contributed by atoms with Gasteiger partial charge in [-0.05, 0) is 57.8 Å². The molecule has 170 valence electrons. The first-order chi connectivity index (χ1) is 14.1. The van der Waals surface area contributed by atoms with Crippen molar-refractivity contribution in [2.24, 2.45) is 0 Å². The maximum Gasteiger partial charge on any atom is 0.308 e. The van der Waals surface area contributed by atoms with Crippen LogP contribution in [0.3, 0.4) is 0 Å². The topological polar surface area (TPSA) is 87.0 Å². The monoisotopic (exact) mass is 412 g/mol. The molecule has 5 nitrogen and oxygen atoms in total. The van der Waals surface area contributed by atoms with Gasteiger partial charge in [0.25, 0.3) is 0 Å². The van der Waals surface area contributed by atoms with Crippen LogP contribution in [0.5, 0.6) is 0 Å². The van der Waals surface area contributed by atoms with E-state index in [1.807, 2.05) is 0 Å². The molecule has 0 aliphatic rings. The number of carbonyl (C=O) groups excluding carboxylic acids is 1. The first-order valence-electron chi connectivity index (χ1n) is 11.6. The maximum absolute atomic E-state index is 11.7. The average Bonchev–Trinajstić information content (AvgIpc) is 2.70. The van der Waals surface area contributed by atoms with Crippen molar-refractivity contribution in [2.45, 2.75) is 116 Å². The summed E-state index contributed by atoms with van der Waals surface area (Å²) in [6.07, 6.45) is 20.5. The van der Waals surface area contributed by atoms with E-state index in [1.165, 1.54) is 32.1 Å². The van der Waals surface area contributed by atoms with Crippen LogP contribution in [-0.2, 0) is 9.53 Å². The van der Waals surface area contributed by atoms with Crippen LogP contribution in [-0.4, -0.2) is 40.3 Å². The van der Waals surface area contributed by atoms with Crippen molar-refractivity contribution in [2.75, 3.05) is 6.61 Å². The van der Waals surface area contributed by atoms with E-state index in [0.29, 0.717) is 19.3 Å². The van der Waals surface area contributed by atoms with E-state index in [-0.39, 0.29) is 13.0 Å². The van der Waals surface area contributed by atoms with Gasteiger partial charge in [0.2, 0.25) is 6.29 Å². The fourth-order valence-electron chi connectivity index (χ4n) is 2.96. The van der Waals surface area contributed by atoms with E-state index in [2.05, 4.69) is 31.2 Å². The molecule has 0 bridgehead atoms. The highest BCUT2D eigenvalue weighted by molar-refractivity contribution is 5.69. The maximum atomic E-state index is 11.7. The molecule has 0 aliphatic carbocycles. The number of esters is 1. The van der Waals surface area contributed by atoms with Crippen LogP contribution in [0.1, 0.15) is 103 Å². The molecule has 0 aromatic carbocycles. The normalized spacial score (nSPS) is 13.9. The molecule has 0 aliphatic heterocycles. The lowest BCUT2D eigenvalue weighted by atomic mass is 10.1. The van der Waals surface area contributed by atoms with Crippen LogP contribution in [0.2, 0.25) is 0 Å². The number of unbranched alkanes of at least 4 members (excludes halogenated alkanes) is 9. The van der Waals surface area contributed by atoms with Gasteiger partial charge >= 0.3 is 5.97 Å². The number of ether oxygens (including phenoxy) is 1. The van der Waals surface area contributed by atoms with Gasteiger partial charge in [-0.15, -0.1) is 0 Å². The smallest absolute Gasteiger partial charge is 0.308 e. The minimum atomic E-state index is -1.47. The van der Waals surface area contributed by atoms with Crippen LogP contribution in [0.25, 0.3) is 0 Å². The first-order valence-corrected chi connectivity index (χ1v) is 11.6. The molecule has 0 aromatic heterocycles. The Kier molecular flexibility index (Phi) is 20.7. The Balaban J connectivity index is 3.49. The van der Waals surface area contributed by atoms with Gasteiger partial charge in [0, 0.05) is 13.0 Å². The quantitative estimate of drug-likeness (QED) is 0.111. The van der Waals surface area contributed by atoms with Crippen molar-refractivity contribution in [3.63, 3.8) is 0 Å². The fraction of sp³-hybridized carbons (Fsp3) is 0.792. The largest absolute Gasteiger partial charge is 0.433 e. The Bertz CT molecular complexity index is 419. The second-order valence-corrected chi connectivity index (χ2v) is 7.65. The third-order valence-corrected chi connectivity index (χ3v) is 4.82. The van der Waals surface area contributed by atoms with E-state index < -0.39 is 18.4 Å². The lowest BCUT2D eigenvalue weighted by Gasteiger charge is -2.17. The molecule has 29 heavy (non-hydrogen) atoms.